The number of hydrogen-bond acceptors (Lipinski definition) is 3. The molecule has 0 saturated heterocycles. The van der Waals surface area contributed by atoms with Gasteiger partial charge in [0.25, 0.3) is 0 Å². The van der Waals surface area contributed by atoms with Gasteiger partial charge in [-0.25, -0.2) is 9.78 Å². The normalized spacial score (nSPS) is 17.2. The Hall–Kier alpha value is -1.35. The molecule has 0 aliphatic carbocycles. The van der Waals surface area contributed by atoms with E-state index in [0.29, 0.717) is 17.3 Å². The highest BCUT2D eigenvalue weighted by Gasteiger charge is 2.23. The fourth-order valence-corrected chi connectivity index (χ4v) is 1.66. The van der Waals surface area contributed by atoms with Crippen LogP contribution in [0.1, 0.15) is 18.4 Å². The van der Waals surface area contributed by atoms with Gasteiger partial charge < -0.3 is 4.74 Å². The number of carbonyl (C=O) groups excluding carboxylic acids is 1. The molecule has 2 rings (SSSR count). The highest BCUT2D eigenvalue weighted by molar-refractivity contribution is 6.29. The third-order valence-electron chi connectivity index (χ3n) is 2.47. The number of carbonyl (C=O) groups is 1. The summed E-state index contributed by atoms with van der Waals surface area (Å²) in [5, 5.41) is 0.453. The van der Waals surface area contributed by atoms with E-state index in [-0.39, 0.29) is 11.9 Å². The van der Waals surface area contributed by atoms with Gasteiger partial charge in [-0.1, -0.05) is 24.6 Å². The van der Waals surface area contributed by atoms with Crippen LogP contribution in [0.25, 0.3) is 0 Å². The number of nitrogens with zero attached hydrogens (tertiary/aromatic N) is 1. The monoisotopic (exact) mass is 223 g/mol. The summed E-state index contributed by atoms with van der Waals surface area (Å²) in [7, 11) is 0. The molecule has 15 heavy (non-hydrogen) atoms. The summed E-state index contributed by atoms with van der Waals surface area (Å²) in [5.74, 6) is -0.234. The lowest BCUT2D eigenvalue weighted by atomic mass is 9.95. The minimum atomic E-state index is -0.238. The highest BCUT2D eigenvalue weighted by atomic mass is 35.5. The fraction of sp³-hybridized carbons (Fsp3) is 0.273. The largest absolute Gasteiger partial charge is 0.458 e. The number of ether oxygens (including phenoxy) is 1. The molecule has 1 unspecified atom stereocenters. The molecule has 3 nitrogen and oxygen atoms in total. The molecular formula is C11H10ClNO2. The molecule has 0 amide bonds. The molecule has 1 aromatic rings. The summed E-state index contributed by atoms with van der Waals surface area (Å²) in [6.45, 7) is 2.32. The molecule has 0 radical (unpaired) electrons. The van der Waals surface area contributed by atoms with E-state index in [0.717, 1.165) is 5.56 Å². The van der Waals surface area contributed by atoms with Gasteiger partial charge in [-0.15, -0.1) is 0 Å². The molecular weight excluding hydrogens is 214 g/mol. The van der Waals surface area contributed by atoms with Crippen LogP contribution < -0.4 is 0 Å². The van der Waals surface area contributed by atoms with Crippen LogP contribution in [-0.2, 0) is 9.53 Å². The Bertz CT molecular complexity index is 411. The summed E-state index contributed by atoms with van der Waals surface area (Å²) in [6, 6.07) is 3.58. The predicted molar refractivity (Wildman–Crippen MR) is 56.7 cm³/mol. The van der Waals surface area contributed by atoms with Gasteiger partial charge in [0.2, 0.25) is 0 Å². The Kier molecular flexibility index (Phi) is 2.73. The van der Waals surface area contributed by atoms with Gasteiger partial charge in [-0.05, 0) is 17.7 Å². The zero-order valence-electron chi connectivity index (χ0n) is 8.24. The number of halogens is 1. The maximum atomic E-state index is 11.3. The first-order chi connectivity index (χ1) is 7.18. The quantitative estimate of drug-likeness (QED) is 0.571. The third-order valence-corrected chi connectivity index (χ3v) is 2.69. The lowest BCUT2D eigenvalue weighted by Gasteiger charge is -2.10. The standard InChI is InChI=1S/C11H10ClNO2/c1-7(9-4-5-15-11(9)14)8-2-3-10(12)13-6-8/h2-4,6-7H,5H2,1H3. The van der Waals surface area contributed by atoms with Crippen LogP contribution in [0.4, 0.5) is 0 Å². The van der Waals surface area contributed by atoms with E-state index < -0.39 is 0 Å². The van der Waals surface area contributed by atoms with Gasteiger partial charge >= 0.3 is 5.97 Å². The molecule has 1 aromatic heterocycles. The van der Waals surface area contributed by atoms with Gasteiger partial charge in [-0.2, -0.15) is 0 Å². The van der Waals surface area contributed by atoms with Crippen molar-refractivity contribution in [2.45, 2.75) is 12.8 Å². The molecule has 2 heterocycles. The first-order valence-electron chi connectivity index (χ1n) is 4.67. The molecule has 0 bridgehead atoms. The summed E-state index contributed by atoms with van der Waals surface area (Å²) < 4.78 is 4.85. The topological polar surface area (TPSA) is 39.2 Å². The Balaban J connectivity index is 2.24. The van der Waals surface area contributed by atoms with Crippen molar-refractivity contribution in [1.82, 2.24) is 4.98 Å². The van der Waals surface area contributed by atoms with Crippen molar-refractivity contribution in [3.8, 4) is 0 Å². The van der Waals surface area contributed by atoms with Crippen LogP contribution in [0.2, 0.25) is 5.15 Å². The smallest absolute Gasteiger partial charge is 0.334 e. The zero-order chi connectivity index (χ0) is 10.8. The summed E-state index contributed by atoms with van der Waals surface area (Å²) in [6.07, 6.45) is 3.49. The van der Waals surface area contributed by atoms with Crippen molar-refractivity contribution in [3.63, 3.8) is 0 Å². The molecule has 4 heteroatoms. The summed E-state index contributed by atoms with van der Waals surface area (Å²) in [5.41, 5.74) is 1.66. The maximum Gasteiger partial charge on any atom is 0.334 e. The number of cyclic esters (lactones) is 1. The van der Waals surface area contributed by atoms with Gasteiger partial charge in [0.15, 0.2) is 0 Å². The fourth-order valence-electron chi connectivity index (χ4n) is 1.55. The number of hydrogen-bond donors (Lipinski definition) is 0. The van der Waals surface area contributed by atoms with Crippen LogP contribution >= 0.6 is 11.6 Å². The molecule has 0 saturated carbocycles. The van der Waals surface area contributed by atoms with Crippen LogP contribution in [0.5, 0.6) is 0 Å². The van der Waals surface area contributed by atoms with E-state index in [4.69, 9.17) is 16.3 Å². The van der Waals surface area contributed by atoms with Crippen LogP contribution in [0, 0.1) is 0 Å². The summed E-state index contributed by atoms with van der Waals surface area (Å²) >= 11 is 5.69. The van der Waals surface area contributed by atoms with Gasteiger partial charge in [-0.3, -0.25) is 0 Å². The molecule has 0 aromatic carbocycles. The molecule has 1 atom stereocenters. The molecule has 78 valence electrons. The van der Waals surface area contributed by atoms with Crippen LogP contribution in [-0.4, -0.2) is 17.6 Å². The van der Waals surface area contributed by atoms with Crippen LogP contribution in [0.3, 0.4) is 0 Å². The average Bonchev–Trinajstić information content (AvgIpc) is 2.65. The van der Waals surface area contributed by atoms with Crippen molar-refractivity contribution in [3.05, 3.63) is 40.7 Å². The maximum absolute atomic E-state index is 11.3. The minimum absolute atomic E-state index is 0.00441. The molecule has 0 spiro atoms. The number of esters is 1. The van der Waals surface area contributed by atoms with Gasteiger partial charge in [0, 0.05) is 17.7 Å². The predicted octanol–water partition coefficient (Wildman–Crippen LogP) is 2.32. The minimum Gasteiger partial charge on any atom is -0.458 e. The van der Waals surface area contributed by atoms with E-state index in [2.05, 4.69) is 4.98 Å². The first kappa shape index (κ1) is 10.2. The molecule has 0 N–H and O–H groups in total. The second-order valence-corrected chi connectivity index (χ2v) is 3.78. The van der Waals surface area contributed by atoms with E-state index in [1.807, 2.05) is 19.1 Å². The SMILES string of the molecule is CC(C1=CCOC1=O)c1ccc(Cl)nc1. The Morgan fingerprint density at radius 3 is 2.87 bits per heavy atom. The molecule has 1 aliphatic heterocycles. The lowest BCUT2D eigenvalue weighted by molar-refractivity contribution is -0.136. The van der Waals surface area contributed by atoms with Crippen molar-refractivity contribution >= 4 is 17.6 Å². The van der Waals surface area contributed by atoms with E-state index in [1.165, 1.54) is 0 Å². The number of aromatic nitrogens is 1. The number of rotatable bonds is 2. The Morgan fingerprint density at radius 2 is 2.33 bits per heavy atom. The highest BCUT2D eigenvalue weighted by Crippen LogP contribution is 2.27. The molecule has 1 aliphatic rings. The Morgan fingerprint density at radius 1 is 1.53 bits per heavy atom. The average molecular weight is 224 g/mol. The summed E-state index contributed by atoms with van der Waals surface area (Å²) in [4.78, 5) is 15.3. The van der Waals surface area contributed by atoms with Crippen molar-refractivity contribution < 1.29 is 9.53 Å². The van der Waals surface area contributed by atoms with Crippen molar-refractivity contribution in [1.29, 1.82) is 0 Å². The zero-order valence-corrected chi connectivity index (χ0v) is 8.99. The van der Waals surface area contributed by atoms with Gasteiger partial charge in [0.1, 0.15) is 11.8 Å². The number of pyridine rings is 1. The van der Waals surface area contributed by atoms with Crippen LogP contribution in [0.15, 0.2) is 30.0 Å². The third kappa shape index (κ3) is 2.02. The van der Waals surface area contributed by atoms with E-state index >= 15 is 0 Å². The van der Waals surface area contributed by atoms with Gasteiger partial charge in [0.05, 0.1) is 0 Å². The van der Waals surface area contributed by atoms with E-state index in [1.54, 1.807) is 12.3 Å². The first-order valence-corrected chi connectivity index (χ1v) is 5.05. The second kappa shape index (κ2) is 4.03. The lowest BCUT2D eigenvalue weighted by Crippen LogP contribution is -2.06. The Labute approximate surface area is 92.7 Å². The van der Waals surface area contributed by atoms with E-state index in [9.17, 15) is 4.79 Å². The molecule has 0 fully saturated rings. The second-order valence-electron chi connectivity index (χ2n) is 3.39. The van der Waals surface area contributed by atoms with Crippen molar-refractivity contribution in [2.75, 3.05) is 6.61 Å². The van der Waals surface area contributed by atoms with Crippen molar-refractivity contribution in [2.24, 2.45) is 0 Å².